The Morgan fingerprint density at radius 1 is 1.22 bits per heavy atom. The van der Waals surface area contributed by atoms with Gasteiger partial charge in [-0.1, -0.05) is 23.7 Å². The van der Waals surface area contributed by atoms with Gasteiger partial charge in [-0.05, 0) is 54.5 Å². The van der Waals surface area contributed by atoms with Gasteiger partial charge in [0.1, 0.15) is 0 Å². The van der Waals surface area contributed by atoms with Crippen LogP contribution in [0.4, 0.5) is 5.69 Å². The van der Waals surface area contributed by atoms with Crippen molar-refractivity contribution in [3.63, 3.8) is 0 Å². The van der Waals surface area contributed by atoms with Crippen LogP contribution in [0.15, 0.2) is 52.3 Å². The number of hydrogen-bond donors (Lipinski definition) is 1. The van der Waals surface area contributed by atoms with Gasteiger partial charge >= 0.3 is 0 Å². The molecule has 0 atom stereocenters. The first-order valence-corrected chi connectivity index (χ1v) is 11.5. The van der Waals surface area contributed by atoms with E-state index < -0.39 is 10.0 Å². The van der Waals surface area contributed by atoms with Gasteiger partial charge in [-0.25, -0.2) is 13.1 Å². The third-order valence-corrected chi connectivity index (χ3v) is 7.17. The molecule has 8 heteroatoms. The SMILES string of the molecule is CC(=O)N1CCCSc2ccc(S(=O)(=O)NCCc3ccc(Cl)cc3)cc21. The lowest BCUT2D eigenvalue weighted by Gasteiger charge is -2.21. The van der Waals surface area contributed by atoms with E-state index in [1.54, 1.807) is 47.0 Å². The molecule has 2 aromatic rings. The van der Waals surface area contributed by atoms with Crippen molar-refractivity contribution in [2.45, 2.75) is 29.6 Å². The van der Waals surface area contributed by atoms with E-state index in [0.717, 1.165) is 22.6 Å². The zero-order chi connectivity index (χ0) is 19.4. The molecule has 5 nitrogen and oxygen atoms in total. The van der Waals surface area contributed by atoms with Gasteiger partial charge in [0.05, 0.1) is 10.6 Å². The summed E-state index contributed by atoms with van der Waals surface area (Å²) in [7, 11) is -3.66. The summed E-state index contributed by atoms with van der Waals surface area (Å²) < 4.78 is 28.0. The summed E-state index contributed by atoms with van der Waals surface area (Å²) in [5.41, 5.74) is 1.67. The molecule has 144 valence electrons. The van der Waals surface area contributed by atoms with Crippen molar-refractivity contribution in [1.29, 1.82) is 0 Å². The minimum Gasteiger partial charge on any atom is -0.311 e. The number of nitrogens with zero attached hydrogens (tertiary/aromatic N) is 1. The molecule has 0 saturated heterocycles. The number of thioether (sulfide) groups is 1. The molecule has 1 heterocycles. The molecule has 0 radical (unpaired) electrons. The molecule has 0 unspecified atom stereocenters. The van der Waals surface area contributed by atoms with E-state index in [2.05, 4.69) is 4.72 Å². The van der Waals surface area contributed by atoms with Crippen molar-refractivity contribution in [3.8, 4) is 0 Å². The largest absolute Gasteiger partial charge is 0.311 e. The molecular weight excluding hydrogens is 404 g/mol. The maximum absolute atomic E-state index is 12.7. The molecular formula is C19H21ClN2O3S2. The van der Waals surface area contributed by atoms with Crippen LogP contribution in [0.2, 0.25) is 5.02 Å². The van der Waals surface area contributed by atoms with Gasteiger partial charge < -0.3 is 4.90 Å². The third-order valence-electron chi connectivity index (χ3n) is 4.31. The van der Waals surface area contributed by atoms with E-state index in [4.69, 9.17) is 11.6 Å². The molecule has 0 spiro atoms. The molecule has 0 saturated carbocycles. The standard InChI is InChI=1S/C19H21ClN2O3S2/c1-14(23)22-11-2-12-26-19-8-7-17(13-18(19)22)27(24,25)21-10-9-15-3-5-16(20)6-4-15/h3-8,13,21H,2,9-12H2,1H3. The molecule has 3 rings (SSSR count). The number of carbonyl (C=O) groups is 1. The van der Waals surface area contributed by atoms with Crippen LogP contribution >= 0.6 is 23.4 Å². The molecule has 0 fully saturated rings. The predicted octanol–water partition coefficient (Wildman–Crippen LogP) is 3.71. The zero-order valence-electron chi connectivity index (χ0n) is 14.9. The lowest BCUT2D eigenvalue weighted by molar-refractivity contribution is -0.116. The number of amides is 1. The lowest BCUT2D eigenvalue weighted by Crippen LogP contribution is -2.30. The van der Waals surface area contributed by atoms with Crippen LogP contribution in [0.1, 0.15) is 18.9 Å². The number of benzene rings is 2. The number of hydrogen-bond acceptors (Lipinski definition) is 4. The highest BCUT2D eigenvalue weighted by Gasteiger charge is 2.22. The number of sulfonamides is 1. The van der Waals surface area contributed by atoms with Crippen LogP contribution in [0.25, 0.3) is 0 Å². The number of anilines is 1. The van der Waals surface area contributed by atoms with Gasteiger partial charge in [-0.3, -0.25) is 4.79 Å². The minimum atomic E-state index is -3.66. The van der Waals surface area contributed by atoms with E-state index in [1.165, 1.54) is 6.92 Å². The molecule has 27 heavy (non-hydrogen) atoms. The Hall–Kier alpha value is -1.54. The summed E-state index contributed by atoms with van der Waals surface area (Å²) in [6.45, 7) is 2.39. The summed E-state index contributed by atoms with van der Waals surface area (Å²) in [5, 5.41) is 0.650. The Kier molecular flexibility index (Phi) is 6.47. The molecule has 0 bridgehead atoms. The van der Waals surface area contributed by atoms with Crippen molar-refractivity contribution >= 4 is 45.0 Å². The fraction of sp³-hybridized carbons (Fsp3) is 0.316. The third kappa shape index (κ3) is 5.04. The Morgan fingerprint density at radius 2 is 1.96 bits per heavy atom. The van der Waals surface area contributed by atoms with Crippen LogP contribution in [0.3, 0.4) is 0 Å². The van der Waals surface area contributed by atoms with Crippen LogP contribution < -0.4 is 9.62 Å². The lowest BCUT2D eigenvalue weighted by atomic mass is 10.2. The van der Waals surface area contributed by atoms with Crippen LogP contribution in [0, 0.1) is 0 Å². The predicted molar refractivity (Wildman–Crippen MR) is 110 cm³/mol. The minimum absolute atomic E-state index is 0.0796. The van der Waals surface area contributed by atoms with Crippen molar-refractivity contribution in [2.75, 3.05) is 23.7 Å². The smallest absolute Gasteiger partial charge is 0.240 e. The van der Waals surface area contributed by atoms with E-state index in [0.29, 0.717) is 23.7 Å². The molecule has 2 aromatic carbocycles. The van der Waals surface area contributed by atoms with E-state index in [9.17, 15) is 13.2 Å². The Balaban J connectivity index is 1.76. The average Bonchev–Trinajstić information content (AvgIpc) is 2.85. The molecule has 1 amide bonds. The highest BCUT2D eigenvalue weighted by Crippen LogP contribution is 2.35. The van der Waals surface area contributed by atoms with E-state index in [-0.39, 0.29) is 17.3 Å². The molecule has 1 aliphatic rings. The van der Waals surface area contributed by atoms with E-state index >= 15 is 0 Å². The first-order valence-electron chi connectivity index (χ1n) is 8.66. The topological polar surface area (TPSA) is 66.5 Å². The van der Waals surface area contributed by atoms with E-state index in [1.807, 2.05) is 12.1 Å². The van der Waals surface area contributed by atoms with Gasteiger partial charge in [0, 0.05) is 29.9 Å². The number of halogens is 1. The van der Waals surface area contributed by atoms with Gasteiger partial charge in [-0.15, -0.1) is 11.8 Å². The number of rotatable bonds is 5. The summed E-state index contributed by atoms with van der Waals surface area (Å²) in [5.74, 6) is 0.825. The maximum Gasteiger partial charge on any atom is 0.240 e. The van der Waals surface area contributed by atoms with Gasteiger partial charge in [0.25, 0.3) is 0 Å². The number of carbonyl (C=O) groups excluding carboxylic acids is 1. The van der Waals surface area contributed by atoms with Gasteiger partial charge in [-0.2, -0.15) is 0 Å². The number of fused-ring (bicyclic) bond motifs is 1. The molecule has 0 aliphatic carbocycles. The van der Waals surface area contributed by atoms with Crippen LogP contribution in [-0.4, -0.2) is 33.2 Å². The zero-order valence-corrected chi connectivity index (χ0v) is 17.3. The second kappa shape index (κ2) is 8.65. The maximum atomic E-state index is 12.7. The molecule has 0 aromatic heterocycles. The monoisotopic (exact) mass is 424 g/mol. The number of nitrogens with one attached hydrogen (secondary N) is 1. The summed E-state index contributed by atoms with van der Waals surface area (Å²) in [6.07, 6.45) is 1.44. The second-order valence-electron chi connectivity index (χ2n) is 6.28. The summed E-state index contributed by atoms with van der Waals surface area (Å²) in [4.78, 5) is 14.7. The highest BCUT2D eigenvalue weighted by atomic mass is 35.5. The average molecular weight is 425 g/mol. The normalized spacial score (nSPS) is 14.5. The van der Waals surface area contributed by atoms with Crippen LogP contribution in [-0.2, 0) is 21.2 Å². The highest BCUT2D eigenvalue weighted by molar-refractivity contribution is 7.99. The molecule has 1 aliphatic heterocycles. The Labute approximate surface area is 169 Å². The van der Waals surface area contributed by atoms with Crippen molar-refractivity contribution in [1.82, 2.24) is 4.72 Å². The van der Waals surface area contributed by atoms with Gasteiger partial charge in [0.15, 0.2) is 0 Å². The van der Waals surface area contributed by atoms with Gasteiger partial charge in [0.2, 0.25) is 15.9 Å². The molecule has 1 N–H and O–H groups in total. The Morgan fingerprint density at radius 3 is 2.67 bits per heavy atom. The van der Waals surface area contributed by atoms with Crippen molar-refractivity contribution in [3.05, 3.63) is 53.1 Å². The van der Waals surface area contributed by atoms with Crippen molar-refractivity contribution < 1.29 is 13.2 Å². The quantitative estimate of drug-likeness (QED) is 0.794. The fourth-order valence-corrected chi connectivity index (χ4v) is 5.07. The van der Waals surface area contributed by atoms with Crippen LogP contribution in [0.5, 0.6) is 0 Å². The first-order chi connectivity index (χ1) is 12.9. The first kappa shape index (κ1) is 20.2. The second-order valence-corrected chi connectivity index (χ2v) is 9.62. The Bertz CT molecular complexity index is 930. The van der Waals surface area contributed by atoms with Crippen molar-refractivity contribution in [2.24, 2.45) is 0 Å². The summed E-state index contributed by atoms with van der Waals surface area (Å²) in [6, 6.07) is 12.3. The summed E-state index contributed by atoms with van der Waals surface area (Å²) >= 11 is 7.51. The fourth-order valence-electron chi connectivity index (χ4n) is 2.91.